The minimum absolute atomic E-state index is 0.266. The standard InChI is InChI=1S/C22H24N2O6S/c1-24(21(25)13-9-18(28-4)20(30-6)19(10-13)29-5)22-23-16(12-31-22)15-11-14(26-2)7-8-17(15)27-3/h7-12H,1-6H3. The van der Waals surface area contributed by atoms with Crippen LogP contribution in [0.4, 0.5) is 5.13 Å². The Morgan fingerprint density at radius 1 is 0.871 bits per heavy atom. The number of rotatable bonds is 8. The lowest BCUT2D eigenvalue weighted by Gasteiger charge is -2.17. The number of methoxy groups -OCH3 is 5. The van der Waals surface area contributed by atoms with E-state index in [2.05, 4.69) is 4.98 Å². The second kappa shape index (κ2) is 9.57. The SMILES string of the molecule is COc1ccc(OC)c(-c2csc(N(C)C(=O)c3cc(OC)c(OC)c(OC)c3)n2)c1. The third kappa shape index (κ3) is 4.36. The van der Waals surface area contributed by atoms with Crippen molar-refractivity contribution in [2.24, 2.45) is 0 Å². The first-order valence-electron chi connectivity index (χ1n) is 9.23. The molecule has 0 atom stereocenters. The van der Waals surface area contributed by atoms with Crippen LogP contribution in [-0.4, -0.2) is 53.5 Å². The molecule has 0 spiro atoms. The molecule has 164 valence electrons. The van der Waals surface area contributed by atoms with Crippen LogP contribution in [0.5, 0.6) is 28.7 Å². The third-order valence-corrected chi connectivity index (χ3v) is 5.59. The average molecular weight is 445 g/mol. The zero-order valence-corrected chi connectivity index (χ0v) is 19.0. The Balaban J connectivity index is 1.94. The fourth-order valence-electron chi connectivity index (χ4n) is 3.04. The monoisotopic (exact) mass is 444 g/mol. The molecule has 1 amide bonds. The zero-order valence-electron chi connectivity index (χ0n) is 18.2. The van der Waals surface area contributed by atoms with Gasteiger partial charge in [-0.05, 0) is 30.3 Å². The molecule has 0 N–H and O–H groups in total. The van der Waals surface area contributed by atoms with E-state index in [1.54, 1.807) is 33.4 Å². The highest BCUT2D eigenvalue weighted by Gasteiger charge is 2.22. The number of thiazole rings is 1. The van der Waals surface area contributed by atoms with Crippen LogP contribution in [-0.2, 0) is 0 Å². The minimum Gasteiger partial charge on any atom is -0.497 e. The lowest BCUT2D eigenvalue weighted by molar-refractivity contribution is 0.0992. The summed E-state index contributed by atoms with van der Waals surface area (Å²) in [6.07, 6.45) is 0. The van der Waals surface area contributed by atoms with Gasteiger partial charge in [-0.25, -0.2) is 4.98 Å². The van der Waals surface area contributed by atoms with Crippen molar-refractivity contribution in [1.82, 2.24) is 4.98 Å². The highest BCUT2D eigenvalue weighted by atomic mass is 32.1. The van der Waals surface area contributed by atoms with Gasteiger partial charge < -0.3 is 23.7 Å². The molecule has 31 heavy (non-hydrogen) atoms. The molecular formula is C22H24N2O6S. The first kappa shape index (κ1) is 22.2. The Bertz CT molecular complexity index is 1060. The number of carbonyl (C=O) groups is 1. The molecule has 1 heterocycles. The largest absolute Gasteiger partial charge is 0.497 e. The van der Waals surface area contributed by atoms with E-state index in [1.807, 2.05) is 23.6 Å². The normalized spacial score (nSPS) is 10.4. The van der Waals surface area contributed by atoms with E-state index in [4.69, 9.17) is 23.7 Å². The predicted octanol–water partition coefficient (Wildman–Crippen LogP) is 4.13. The molecule has 0 unspecified atom stereocenters. The molecular weight excluding hydrogens is 420 g/mol. The van der Waals surface area contributed by atoms with E-state index in [0.717, 1.165) is 5.56 Å². The summed E-state index contributed by atoms with van der Waals surface area (Å²) in [6.45, 7) is 0. The number of benzene rings is 2. The van der Waals surface area contributed by atoms with Crippen molar-refractivity contribution in [2.45, 2.75) is 0 Å². The topological polar surface area (TPSA) is 79.4 Å². The average Bonchev–Trinajstić information content (AvgIpc) is 3.31. The highest BCUT2D eigenvalue weighted by molar-refractivity contribution is 7.14. The van der Waals surface area contributed by atoms with Crippen LogP contribution in [0.3, 0.4) is 0 Å². The van der Waals surface area contributed by atoms with E-state index in [1.165, 1.54) is 37.6 Å². The van der Waals surface area contributed by atoms with Crippen molar-refractivity contribution in [1.29, 1.82) is 0 Å². The molecule has 3 rings (SSSR count). The Hall–Kier alpha value is -3.46. The lowest BCUT2D eigenvalue weighted by Crippen LogP contribution is -2.26. The fraction of sp³-hybridized carbons (Fsp3) is 0.273. The van der Waals surface area contributed by atoms with Gasteiger partial charge in [0.25, 0.3) is 5.91 Å². The maximum absolute atomic E-state index is 13.1. The molecule has 8 nitrogen and oxygen atoms in total. The summed E-state index contributed by atoms with van der Waals surface area (Å²) in [7, 11) is 9.38. The molecule has 3 aromatic rings. The van der Waals surface area contributed by atoms with Gasteiger partial charge in [0.2, 0.25) is 5.75 Å². The van der Waals surface area contributed by atoms with Gasteiger partial charge in [0.15, 0.2) is 16.6 Å². The number of ether oxygens (including phenoxy) is 5. The van der Waals surface area contributed by atoms with E-state index < -0.39 is 0 Å². The van der Waals surface area contributed by atoms with Crippen LogP contribution >= 0.6 is 11.3 Å². The molecule has 0 aliphatic heterocycles. The van der Waals surface area contributed by atoms with Crippen LogP contribution < -0.4 is 28.6 Å². The Kier molecular flexibility index (Phi) is 6.86. The molecule has 0 aliphatic rings. The molecule has 2 aromatic carbocycles. The van der Waals surface area contributed by atoms with Crippen molar-refractivity contribution < 1.29 is 28.5 Å². The fourth-order valence-corrected chi connectivity index (χ4v) is 3.83. The number of hydrogen-bond donors (Lipinski definition) is 0. The number of aromatic nitrogens is 1. The van der Waals surface area contributed by atoms with Crippen molar-refractivity contribution in [3.05, 3.63) is 41.3 Å². The van der Waals surface area contributed by atoms with Crippen molar-refractivity contribution in [3.63, 3.8) is 0 Å². The molecule has 0 radical (unpaired) electrons. The number of amides is 1. The van der Waals surface area contributed by atoms with Crippen LogP contribution in [0.2, 0.25) is 0 Å². The molecule has 0 aliphatic carbocycles. The van der Waals surface area contributed by atoms with Gasteiger partial charge in [-0.1, -0.05) is 0 Å². The quantitative estimate of drug-likeness (QED) is 0.517. The second-order valence-electron chi connectivity index (χ2n) is 6.36. The lowest BCUT2D eigenvalue weighted by atomic mass is 10.1. The summed E-state index contributed by atoms with van der Waals surface area (Å²) >= 11 is 1.35. The summed E-state index contributed by atoms with van der Waals surface area (Å²) < 4.78 is 26.8. The van der Waals surface area contributed by atoms with Crippen LogP contribution in [0.1, 0.15) is 10.4 Å². The smallest absolute Gasteiger partial charge is 0.260 e. The zero-order chi connectivity index (χ0) is 22.5. The predicted molar refractivity (Wildman–Crippen MR) is 119 cm³/mol. The molecule has 0 bridgehead atoms. The molecule has 0 saturated heterocycles. The first-order chi connectivity index (χ1) is 15.0. The van der Waals surface area contributed by atoms with E-state index in [9.17, 15) is 4.79 Å². The number of anilines is 1. The summed E-state index contributed by atoms with van der Waals surface area (Å²) in [5.41, 5.74) is 1.84. The van der Waals surface area contributed by atoms with Crippen molar-refractivity contribution in [3.8, 4) is 40.0 Å². The van der Waals surface area contributed by atoms with Gasteiger partial charge in [0, 0.05) is 23.6 Å². The molecule has 9 heteroatoms. The van der Waals surface area contributed by atoms with Crippen LogP contribution in [0.15, 0.2) is 35.7 Å². The molecule has 1 aromatic heterocycles. The Morgan fingerprint density at radius 3 is 2.06 bits per heavy atom. The summed E-state index contributed by atoms with van der Waals surface area (Å²) in [4.78, 5) is 19.3. The van der Waals surface area contributed by atoms with Crippen LogP contribution in [0.25, 0.3) is 11.3 Å². The van der Waals surface area contributed by atoms with Gasteiger partial charge in [-0.2, -0.15) is 0 Å². The van der Waals surface area contributed by atoms with Gasteiger partial charge >= 0.3 is 0 Å². The maximum Gasteiger partial charge on any atom is 0.260 e. The van der Waals surface area contributed by atoms with E-state index in [-0.39, 0.29) is 5.91 Å². The second-order valence-corrected chi connectivity index (χ2v) is 7.20. The summed E-state index contributed by atoms with van der Waals surface area (Å²) in [6, 6.07) is 8.70. The van der Waals surface area contributed by atoms with Gasteiger partial charge in [-0.15, -0.1) is 11.3 Å². The number of hydrogen-bond acceptors (Lipinski definition) is 8. The maximum atomic E-state index is 13.1. The first-order valence-corrected chi connectivity index (χ1v) is 10.1. The summed E-state index contributed by atoms with van der Waals surface area (Å²) in [5, 5.41) is 2.39. The number of carbonyl (C=O) groups excluding carboxylic acids is 1. The third-order valence-electron chi connectivity index (χ3n) is 4.68. The molecule has 0 fully saturated rings. The van der Waals surface area contributed by atoms with Crippen molar-refractivity contribution in [2.75, 3.05) is 47.5 Å². The Morgan fingerprint density at radius 2 is 1.52 bits per heavy atom. The van der Waals surface area contributed by atoms with Gasteiger partial charge in [0.05, 0.1) is 41.2 Å². The Labute approximate surface area is 184 Å². The van der Waals surface area contributed by atoms with E-state index in [0.29, 0.717) is 45.1 Å². The van der Waals surface area contributed by atoms with Crippen LogP contribution in [0, 0.1) is 0 Å². The summed E-state index contributed by atoms with van der Waals surface area (Å²) in [5.74, 6) is 2.31. The minimum atomic E-state index is -0.266. The highest BCUT2D eigenvalue weighted by Crippen LogP contribution is 2.39. The van der Waals surface area contributed by atoms with Gasteiger partial charge in [0.1, 0.15) is 11.5 Å². The van der Waals surface area contributed by atoms with E-state index >= 15 is 0 Å². The molecule has 0 saturated carbocycles. The van der Waals surface area contributed by atoms with Crippen molar-refractivity contribution >= 4 is 22.4 Å². The van der Waals surface area contributed by atoms with Gasteiger partial charge in [-0.3, -0.25) is 9.69 Å². The number of nitrogens with zero attached hydrogens (tertiary/aromatic N) is 2.